The number of benzene rings is 1. The van der Waals surface area contributed by atoms with E-state index in [1.807, 2.05) is 30.0 Å². The van der Waals surface area contributed by atoms with Gasteiger partial charge in [0.1, 0.15) is 5.82 Å². The van der Waals surface area contributed by atoms with E-state index in [1.165, 1.54) is 23.1 Å². The first-order valence-electron chi connectivity index (χ1n) is 9.37. The van der Waals surface area contributed by atoms with Gasteiger partial charge in [-0.3, -0.25) is 9.78 Å². The Hall–Kier alpha value is -2.43. The molecule has 1 aliphatic rings. The molecule has 3 aromatic rings. The van der Waals surface area contributed by atoms with Crippen LogP contribution in [0.1, 0.15) is 5.56 Å². The van der Waals surface area contributed by atoms with Gasteiger partial charge in [0.15, 0.2) is 4.34 Å². The number of halogens is 1. The van der Waals surface area contributed by atoms with Gasteiger partial charge in [-0.2, -0.15) is 0 Å². The average Bonchev–Trinajstić information content (AvgIpc) is 3.23. The van der Waals surface area contributed by atoms with E-state index in [2.05, 4.69) is 30.4 Å². The number of nitrogens with zero attached hydrogens (tertiary/aromatic N) is 6. The number of thioether (sulfide) groups is 1. The molecule has 1 amide bonds. The fourth-order valence-corrected chi connectivity index (χ4v) is 4.87. The van der Waals surface area contributed by atoms with E-state index in [0.717, 1.165) is 34.5 Å². The number of amides is 1. The Labute approximate surface area is 187 Å². The van der Waals surface area contributed by atoms with E-state index in [1.54, 1.807) is 18.6 Å². The van der Waals surface area contributed by atoms with Gasteiger partial charge < -0.3 is 15.1 Å². The number of rotatable bonds is 6. The summed E-state index contributed by atoms with van der Waals surface area (Å²) in [5.41, 5.74) is 1.85. The molecule has 0 radical (unpaired) electrons. The minimum Gasteiger partial charge on any atom is -0.352 e. The third-order valence-corrected chi connectivity index (χ3v) is 7.11. The van der Waals surface area contributed by atoms with Gasteiger partial charge in [-0.05, 0) is 24.6 Å². The van der Waals surface area contributed by atoms with Crippen LogP contribution in [0, 0.1) is 6.92 Å². The van der Waals surface area contributed by atoms with Crippen molar-refractivity contribution < 1.29 is 4.79 Å². The summed E-state index contributed by atoms with van der Waals surface area (Å²) >= 11 is 8.99. The second-order valence-electron chi connectivity index (χ2n) is 6.63. The lowest BCUT2D eigenvalue weighted by Crippen LogP contribution is -2.49. The van der Waals surface area contributed by atoms with Crippen molar-refractivity contribution in [2.45, 2.75) is 11.3 Å². The molecule has 0 unspecified atom stereocenters. The molecule has 1 fully saturated rings. The van der Waals surface area contributed by atoms with Crippen molar-refractivity contribution in [3.63, 3.8) is 0 Å². The number of carbonyl (C=O) groups is 1. The van der Waals surface area contributed by atoms with Crippen LogP contribution in [0.3, 0.4) is 0 Å². The molecule has 3 heterocycles. The number of anilines is 3. The topological polar surface area (TPSA) is 87.1 Å². The van der Waals surface area contributed by atoms with Crippen LogP contribution < -0.4 is 10.2 Å². The number of aromatic nitrogens is 4. The van der Waals surface area contributed by atoms with Crippen molar-refractivity contribution in [1.82, 2.24) is 25.1 Å². The summed E-state index contributed by atoms with van der Waals surface area (Å²) < 4.78 is 0.753. The lowest BCUT2D eigenvalue weighted by atomic mass is 10.2. The van der Waals surface area contributed by atoms with Crippen LogP contribution >= 0.6 is 34.7 Å². The number of hydrogen-bond donors (Lipinski definition) is 1. The van der Waals surface area contributed by atoms with Gasteiger partial charge in [-0.1, -0.05) is 40.8 Å². The third kappa shape index (κ3) is 5.00. The monoisotopic (exact) mass is 461 g/mol. The highest BCUT2D eigenvalue weighted by Gasteiger charge is 2.22. The zero-order valence-electron chi connectivity index (χ0n) is 16.3. The molecule has 1 aliphatic heterocycles. The molecule has 0 aliphatic carbocycles. The van der Waals surface area contributed by atoms with Crippen LogP contribution in [0.15, 0.2) is 41.1 Å². The molecule has 2 aromatic heterocycles. The Bertz CT molecular complexity index is 1010. The molecule has 4 rings (SSSR count). The van der Waals surface area contributed by atoms with Crippen molar-refractivity contribution in [2.75, 3.05) is 42.1 Å². The van der Waals surface area contributed by atoms with Crippen molar-refractivity contribution in [2.24, 2.45) is 0 Å². The zero-order valence-corrected chi connectivity index (χ0v) is 18.7. The average molecular weight is 462 g/mol. The van der Waals surface area contributed by atoms with Gasteiger partial charge in [0, 0.05) is 49.3 Å². The Balaban J connectivity index is 1.26. The summed E-state index contributed by atoms with van der Waals surface area (Å²) in [5.74, 6) is 1.30. The van der Waals surface area contributed by atoms with Gasteiger partial charge in [-0.25, -0.2) is 4.98 Å². The lowest BCUT2D eigenvalue weighted by Gasteiger charge is -2.35. The first kappa shape index (κ1) is 20.8. The minimum absolute atomic E-state index is 0.106. The highest BCUT2D eigenvalue weighted by molar-refractivity contribution is 8.01. The van der Waals surface area contributed by atoms with E-state index in [4.69, 9.17) is 11.6 Å². The van der Waals surface area contributed by atoms with E-state index >= 15 is 0 Å². The molecule has 8 nitrogen and oxygen atoms in total. The number of carbonyl (C=O) groups excluding carboxylic acids is 1. The SMILES string of the molecule is Cc1c(Cl)cccc1Nc1nnc(SCC(=O)N2CCN(c3cnccn3)CC2)s1. The largest absolute Gasteiger partial charge is 0.352 e. The molecule has 1 aromatic carbocycles. The summed E-state index contributed by atoms with van der Waals surface area (Å²) in [4.78, 5) is 25.0. The molecular formula is C19H20ClN7OS2. The Morgan fingerprint density at radius 3 is 2.83 bits per heavy atom. The summed E-state index contributed by atoms with van der Waals surface area (Å²) in [6.07, 6.45) is 5.09. The van der Waals surface area contributed by atoms with E-state index in [-0.39, 0.29) is 5.91 Å². The van der Waals surface area contributed by atoms with Crippen molar-refractivity contribution in [3.05, 3.63) is 47.4 Å². The van der Waals surface area contributed by atoms with Crippen LogP contribution in [0.5, 0.6) is 0 Å². The van der Waals surface area contributed by atoms with Crippen LogP contribution in [0.2, 0.25) is 5.02 Å². The molecule has 0 saturated carbocycles. The molecule has 1 N–H and O–H groups in total. The molecule has 156 valence electrons. The van der Waals surface area contributed by atoms with E-state index in [9.17, 15) is 4.79 Å². The maximum absolute atomic E-state index is 12.6. The predicted octanol–water partition coefficient (Wildman–Crippen LogP) is 3.47. The van der Waals surface area contributed by atoms with Gasteiger partial charge in [0.25, 0.3) is 0 Å². The predicted molar refractivity (Wildman–Crippen MR) is 121 cm³/mol. The maximum atomic E-state index is 12.6. The van der Waals surface area contributed by atoms with Crippen molar-refractivity contribution in [3.8, 4) is 0 Å². The number of nitrogens with one attached hydrogen (secondary N) is 1. The Morgan fingerprint density at radius 2 is 2.07 bits per heavy atom. The summed E-state index contributed by atoms with van der Waals surface area (Å²) in [6, 6.07) is 5.68. The first-order valence-corrected chi connectivity index (χ1v) is 11.6. The molecular weight excluding hydrogens is 442 g/mol. The molecule has 1 saturated heterocycles. The molecule has 0 atom stereocenters. The zero-order chi connectivity index (χ0) is 20.9. The van der Waals surface area contributed by atoms with E-state index in [0.29, 0.717) is 29.0 Å². The highest BCUT2D eigenvalue weighted by atomic mass is 35.5. The molecule has 0 bridgehead atoms. The molecule has 11 heteroatoms. The normalized spacial score (nSPS) is 14.1. The highest BCUT2D eigenvalue weighted by Crippen LogP contribution is 2.30. The van der Waals surface area contributed by atoms with Crippen LogP contribution in [-0.2, 0) is 4.79 Å². The quantitative estimate of drug-likeness (QED) is 0.558. The molecule has 30 heavy (non-hydrogen) atoms. The second kappa shape index (κ2) is 9.59. The smallest absolute Gasteiger partial charge is 0.233 e. The van der Waals surface area contributed by atoms with Gasteiger partial charge >= 0.3 is 0 Å². The standard InChI is InChI=1S/C19H20ClN7OS2/c1-13-14(20)3-2-4-15(13)23-18-24-25-19(30-18)29-12-17(28)27-9-7-26(8-10-27)16-11-21-5-6-22-16/h2-6,11H,7-10,12H2,1H3,(H,23,24). The van der Waals surface area contributed by atoms with Crippen LogP contribution in [0.25, 0.3) is 0 Å². The first-order chi connectivity index (χ1) is 14.6. The van der Waals surface area contributed by atoms with Crippen LogP contribution in [0.4, 0.5) is 16.6 Å². The third-order valence-electron chi connectivity index (χ3n) is 4.74. The van der Waals surface area contributed by atoms with Crippen molar-refractivity contribution >= 4 is 57.2 Å². The fourth-order valence-electron chi connectivity index (χ4n) is 3.03. The number of hydrogen-bond acceptors (Lipinski definition) is 9. The summed E-state index contributed by atoms with van der Waals surface area (Å²) in [7, 11) is 0. The minimum atomic E-state index is 0.106. The van der Waals surface area contributed by atoms with Gasteiger partial charge in [-0.15, -0.1) is 10.2 Å². The summed E-state index contributed by atoms with van der Waals surface area (Å²) in [6.45, 7) is 4.80. The van der Waals surface area contributed by atoms with Gasteiger partial charge in [0.2, 0.25) is 11.0 Å². The number of piperazine rings is 1. The van der Waals surface area contributed by atoms with E-state index < -0.39 is 0 Å². The Morgan fingerprint density at radius 1 is 1.23 bits per heavy atom. The maximum Gasteiger partial charge on any atom is 0.233 e. The fraction of sp³-hybridized carbons (Fsp3) is 0.316. The second-order valence-corrected chi connectivity index (χ2v) is 9.24. The molecule has 0 spiro atoms. The van der Waals surface area contributed by atoms with Crippen LogP contribution in [-0.4, -0.2) is 62.9 Å². The lowest BCUT2D eigenvalue weighted by molar-refractivity contribution is -0.128. The van der Waals surface area contributed by atoms with Gasteiger partial charge in [0.05, 0.1) is 11.9 Å². The summed E-state index contributed by atoms with van der Waals surface area (Å²) in [5, 5.41) is 13.0. The Kier molecular flexibility index (Phi) is 6.66. The van der Waals surface area contributed by atoms with Crippen molar-refractivity contribution in [1.29, 1.82) is 0 Å².